The van der Waals surface area contributed by atoms with Crippen LogP contribution in [-0.2, 0) is 19.1 Å². The molecule has 1 spiro atoms. The van der Waals surface area contributed by atoms with E-state index in [0.29, 0.717) is 45.8 Å². The lowest BCUT2D eigenvalue weighted by atomic mass is 10.0. The molecule has 7 nitrogen and oxygen atoms in total. The summed E-state index contributed by atoms with van der Waals surface area (Å²) < 4.78 is 11.4. The first-order chi connectivity index (χ1) is 10.7. The van der Waals surface area contributed by atoms with E-state index in [4.69, 9.17) is 9.47 Å². The van der Waals surface area contributed by atoms with Crippen LogP contribution in [0.5, 0.6) is 0 Å². The second kappa shape index (κ2) is 6.93. The van der Waals surface area contributed by atoms with E-state index in [9.17, 15) is 9.59 Å². The van der Waals surface area contributed by atoms with Crippen LogP contribution in [0.1, 0.15) is 19.3 Å². The lowest BCUT2D eigenvalue weighted by Gasteiger charge is -2.38. The monoisotopic (exact) mass is 311 g/mol. The van der Waals surface area contributed by atoms with Gasteiger partial charge in [0.15, 0.2) is 5.79 Å². The van der Waals surface area contributed by atoms with Crippen LogP contribution in [0.2, 0.25) is 0 Å². The number of amides is 2. The Bertz CT molecular complexity index is 394. The highest BCUT2D eigenvalue weighted by molar-refractivity contribution is 5.76. The minimum absolute atomic E-state index is 0.194. The number of rotatable bonds is 4. The summed E-state index contributed by atoms with van der Waals surface area (Å²) in [5.74, 6) is -0.148. The van der Waals surface area contributed by atoms with Gasteiger partial charge < -0.3 is 24.2 Å². The van der Waals surface area contributed by atoms with Crippen LogP contribution in [-0.4, -0.2) is 91.8 Å². The Morgan fingerprint density at radius 2 is 1.64 bits per heavy atom. The SMILES string of the molecule is O=CN1CCN(C(=O)CCN2CCC3(CC2)OCCO3)CC1. The molecule has 0 aromatic carbocycles. The maximum atomic E-state index is 12.2. The minimum atomic E-state index is -0.342. The lowest BCUT2D eigenvalue weighted by molar-refractivity contribution is -0.185. The number of ether oxygens (including phenoxy) is 2. The molecule has 0 aromatic rings. The molecule has 2 amide bonds. The number of piperazine rings is 1. The number of carbonyl (C=O) groups is 2. The molecular formula is C15H25N3O4. The van der Waals surface area contributed by atoms with Crippen molar-refractivity contribution in [3.8, 4) is 0 Å². The van der Waals surface area contributed by atoms with Crippen molar-refractivity contribution in [1.82, 2.24) is 14.7 Å². The van der Waals surface area contributed by atoms with Crippen molar-refractivity contribution in [2.24, 2.45) is 0 Å². The van der Waals surface area contributed by atoms with Crippen molar-refractivity contribution in [1.29, 1.82) is 0 Å². The normalized spacial score (nSPS) is 25.6. The zero-order chi connectivity index (χ0) is 15.4. The van der Waals surface area contributed by atoms with Gasteiger partial charge in [0.05, 0.1) is 13.2 Å². The molecule has 3 aliphatic rings. The summed E-state index contributed by atoms with van der Waals surface area (Å²) in [7, 11) is 0. The maximum absolute atomic E-state index is 12.2. The predicted octanol–water partition coefficient (Wildman–Crippen LogP) is -0.484. The van der Waals surface area contributed by atoms with Gasteiger partial charge in [-0.1, -0.05) is 0 Å². The molecule has 0 aliphatic carbocycles. The van der Waals surface area contributed by atoms with Gasteiger partial charge in [0, 0.05) is 65.1 Å². The van der Waals surface area contributed by atoms with Crippen molar-refractivity contribution in [3.05, 3.63) is 0 Å². The van der Waals surface area contributed by atoms with E-state index in [-0.39, 0.29) is 11.7 Å². The highest BCUT2D eigenvalue weighted by atomic mass is 16.7. The van der Waals surface area contributed by atoms with Crippen LogP contribution in [0.4, 0.5) is 0 Å². The Labute approximate surface area is 131 Å². The van der Waals surface area contributed by atoms with E-state index in [1.165, 1.54) is 0 Å². The first-order valence-electron chi connectivity index (χ1n) is 8.18. The Morgan fingerprint density at radius 3 is 2.23 bits per heavy atom. The quantitative estimate of drug-likeness (QED) is 0.656. The fourth-order valence-electron chi connectivity index (χ4n) is 3.39. The summed E-state index contributed by atoms with van der Waals surface area (Å²) in [6.45, 7) is 6.65. The van der Waals surface area contributed by atoms with Gasteiger partial charge in [0.25, 0.3) is 0 Å². The smallest absolute Gasteiger partial charge is 0.223 e. The summed E-state index contributed by atoms with van der Waals surface area (Å²) in [6, 6.07) is 0. The van der Waals surface area contributed by atoms with Crippen LogP contribution < -0.4 is 0 Å². The fraction of sp³-hybridized carbons (Fsp3) is 0.867. The third-order valence-electron chi connectivity index (χ3n) is 4.89. The molecule has 0 N–H and O–H groups in total. The molecule has 0 unspecified atom stereocenters. The molecular weight excluding hydrogens is 286 g/mol. The molecule has 0 radical (unpaired) electrons. The van der Waals surface area contributed by atoms with Gasteiger partial charge in [-0.2, -0.15) is 0 Å². The molecule has 0 atom stereocenters. The molecule has 0 aromatic heterocycles. The molecule has 7 heteroatoms. The van der Waals surface area contributed by atoms with Crippen LogP contribution in [0.15, 0.2) is 0 Å². The van der Waals surface area contributed by atoms with Gasteiger partial charge in [-0.25, -0.2) is 0 Å². The molecule has 3 saturated heterocycles. The fourth-order valence-corrected chi connectivity index (χ4v) is 3.39. The number of hydrogen-bond donors (Lipinski definition) is 0. The number of likely N-dealkylation sites (tertiary alicyclic amines) is 1. The number of piperidine rings is 1. The van der Waals surface area contributed by atoms with Crippen molar-refractivity contribution in [2.45, 2.75) is 25.0 Å². The molecule has 124 valence electrons. The number of nitrogens with zero attached hydrogens (tertiary/aromatic N) is 3. The van der Waals surface area contributed by atoms with Gasteiger partial charge in [-0.3, -0.25) is 9.59 Å². The molecule has 3 heterocycles. The first-order valence-corrected chi connectivity index (χ1v) is 8.18. The molecule has 3 rings (SSSR count). The number of carbonyl (C=O) groups excluding carboxylic acids is 2. The molecule has 0 saturated carbocycles. The lowest BCUT2D eigenvalue weighted by Crippen LogP contribution is -2.49. The Morgan fingerprint density at radius 1 is 1.00 bits per heavy atom. The summed E-state index contributed by atoms with van der Waals surface area (Å²) in [5, 5.41) is 0. The predicted molar refractivity (Wildman–Crippen MR) is 79.1 cm³/mol. The second-order valence-corrected chi connectivity index (χ2v) is 6.22. The van der Waals surface area contributed by atoms with E-state index < -0.39 is 0 Å². The van der Waals surface area contributed by atoms with E-state index in [1.807, 2.05) is 4.90 Å². The van der Waals surface area contributed by atoms with Gasteiger partial charge in [-0.15, -0.1) is 0 Å². The van der Waals surface area contributed by atoms with Crippen molar-refractivity contribution in [2.75, 3.05) is 59.0 Å². The van der Waals surface area contributed by atoms with E-state index in [1.54, 1.807) is 4.90 Å². The summed E-state index contributed by atoms with van der Waals surface area (Å²) in [4.78, 5) is 28.8. The highest BCUT2D eigenvalue weighted by Gasteiger charge is 2.39. The van der Waals surface area contributed by atoms with Crippen LogP contribution in [0, 0.1) is 0 Å². The van der Waals surface area contributed by atoms with E-state index >= 15 is 0 Å². The van der Waals surface area contributed by atoms with Crippen molar-refractivity contribution < 1.29 is 19.1 Å². The Hall–Kier alpha value is -1.18. The summed E-state index contributed by atoms with van der Waals surface area (Å²) >= 11 is 0. The highest BCUT2D eigenvalue weighted by Crippen LogP contribution is 2.31. The molecule has 3 fully saturated rings. The topological polar surface area (TPSA) is 62.3 Å². The minimum Gasteiger partial charge on any atom is -0.347 e. The van der Waals surface area contributed by atoms with Gasteiger partial charge >= 0.3 is 0 Å². The van der Waals surface area contributed by atoms with Crippen LogP contribution in [0.25, 0.3) is 0 Å². The van der Waals surface area contributed by atoms with Gasteiger partial charge in [0.1, 0.15) is 0 Å². The van der Waals surface area contributed by atoms with E-state index in [0.717, 1.165) is 38.9 Å². The van der Waals surface area contributed by atoms with Gasteiger partial charge in [0.2, 0.25) is 12.3 Å². The third-order valence-corrected chi connectivity index (χ3v) is 4.89. The average molecular weight is 311 g/mol. The average Bonchev–Trinajstić information content (AvgIpc) is 3.02. The van der Waals surface area contributed by atoms with Crippen molar-refractivity contribution >= 4 is 12.3 Å². The third kappa shape index (κ3) is 3.59. The largest absolute Gasteiger partial charge is 0.347 e. The zero-order valence-electron chi connectivity index (χ0n) is 13.0. The van der Waals surface area contributed by atoms with E-state index in [2.05, 4.69) is 4.90 Å². The standard InChI is InChI=1S/C15H25N3O4/c19-13-17-7-9-18(10-8-17)14(20)1-4-16-5-2-15(3-6-16)21-11-12-22-15/h13H,1-12H2. The van der Waals surface area contributed by atoms with Crippen LogP contribution in [0.3, 0.4) is 0 Å². The summed E-state index contributed by atoms with van der Waals surface area (Å²) in [5.41, 5.74) is 0. The molecule has 0 bridgehead atoms. The molecule has 3 aliphatic heterocycles. The van der Waals surface area contributed by atoms with Crippen LogP contribution >= 0.6 is 0 Å². The van der Waals surface area contributed by atoms with Crippen molar-refractivity contribution in [3.63, 3.8) is 0 Å². The molecule has 22 heavy (non-hydrogen) atoms. The number of hydrogen-bond acceptors (Lipinski definition) is 5. The summed E-state index contributed by atoms with van der Waals surface area (Å²) in [6.07, 6.45) is 3.19. The first kappa shape index (κ1) is 15.7. The zero-order valence-corrected chi connectivity index (χ0v) is 13.0. The second-order valence-electron chi connectivity index (χ2n) is 6.22. The van der Waals surface area contributed by atoms with Gasteiger partial charge in [-0.05, 0) is 0 Å². The maximum Gasteiger partial charge on any atom is 0.223 e. The Kier molecular flexibility index (Phi) is 4.95. The Balaban J connectivity index is 1.36.